The molecule has 2 amide bonds. The Hall–Kier alpha value is -3.12. The van der Waals surface area contributed by atoms with E-state index in [-0.39, 0.29) is 23.8 Å². The third-order valence-corrected chi connectivity index (χ3v) is 8.05. The second-order valence-corrected chi connectivity index (χ2v) is 10.7. The van der Waals surface area contributed by atoms with Gasteiger partial charge in [-0.1, -0.05) is 48.5 Å². The fraction of sp³-hybridized carbons (Fsp3) is 0.467. The molecule has 0 bridgehead atoms. The zero-order valence-corrected chi connectivity index (χ0v) is 21.0. The lowest BCUT2D eigenvalue weighted by molar-refractivity contribution is -0.139. The molecule has 4 N–H and O–H groups in total. The molecule has 2 aliphatic rings. The molecule has 2 atom stereocenters. The fourth-order valence-corrected chi connectivity index (χ4v) is 5.99. The summed E-state index contributed by atoms with van der Waals surface area (Å²) in [5, 5.41) is 4.29. The molecule has 2 aromatic carbocycles. The molecule has 190 valence electrons. The highest BCUT2D eigenvalue weighted by atomic mass is 16.2. The van der Waals surface area contributed by atoms with Gasteiger partial charge in [-0.05, 0) is 68.1 Å². The van der Waals surface area contributed by atoms with Crippen LogP contribution in [-0.2, 0) is 22.4 Å². The van der Waals surface area contributed by atoms with Gasteiger partial charge in [-0.3, -0.25) is 9.59 Å². The van der Waals surface area contributed by atoms with E-state index >= 15 is 0 Å². The van der Waals surface area contributed by atoms with Crippen LogP contribution < -0.4 is 11.1 Å². The number of likely N-dealkylation sites (tertiary alicyclic amines) is 1. The smallest absolute Gasteiger partial charge is 0.245 e. The van der Waals surface area contributed by atoms with Crippen LogP contribution in [0.1, 0.15) is 49.7 Å². The van der Waals surface area contributed by atoms with Gasteiger partial charge in [-0.15, -0.1) is 0 Å². The van der Waals surface area contributed by atoms with Crippen LogP contribution in [0.15, 0.2) is 60.8 Å². The van der Waals surface area contributed by atoms with Crippen LogP contribution in [0.4, 0.5) is 0 Å². The SMILES string of the molecule is NC1CCC(C(=O)N[C@H](Cc2c[nH]c3ccccc23)C(=O)N2CCC[C@H](Cc3ccccc3)C2)CC1. The topological polar surface area (TPSA) is 91.2 Å². The maximum Gasteiger partial charge on any atom is 0.245 e. The number of fused-ring (bicyclic) bond motifs is 1. The summed E-state index contributed by atoms with van der Waals surface area (Å²) >= 11 is 0. The van der Waals surface area contributed by atoms with Gasteiger partial charge >= 0.3 is 0 Å². The van der Waals surface area contributed by atoms with Gasteiger partial charge in [0, 0.05) is 48.6 Å². The van der Waals surface area contributed by atoms with Gasteiger partial charge in [0.15, 0.2) is 0 Å². The number of hydrogen-bond acceptors (Lipinski definition) is 3. The van der Waals surface area contributed by atoms with Crippen molar-refractivity contribution in [3.8, 4) is 0 Å². The first-order valence-corrected chi connectivity index (χ1v) is 13.5. The summed E-state index contributed by atoms with van der Waals surface area (Å²) < 4.78 is 0. The summed E-state index contributed by atoms with van der Waals surface area (Å²) in [5.74, 6) is 0.418. The van der Waals surface area contributed by atoms with E-state index in [1.165, 1.54) is 5.56 Å². The summed E-state index contributed by atoms with van der Waals surface area (Å²) in [6.07, 6.45) is 8.89. The highest BCUT2D eigenvalue weighted by Crippen LogP contribution is 2.26. The minimum atomic E-state index is -0.567. The van der Waals surface area contributed by atoms with Gasteiger partial charge in [0.25, 0.3) is 0 Å². The highest BCUT2D eigenvalue weighted by molar-refractivity contribution is 5.90. The van der Waals surface area contributed by atoms with Crippen LogP contribution in [0.3, 0.4) is 0 Å². The Morgan fingerprint density at radius 3 is 2.56 bits per heavy atom. The molecular formula is C30H38N4O2. The Morgan fingerprint density at radius 2 is 1.75 bits per heavy atom. The van der Waals surface area contributed by atoms with Crippen LogP contribution in [0.5, 0.6) is 0 Å². The summed E-state index contributed by atoms with van der Waals surface area (Å²) in [6.45, 7) is 1.49. The first kappa shape index (κ1) is 24.6. The van der Waals surface area contributed by atoms with Gasteiger partial charge in [-0.25, -0.2) is 0 Å². The molecule has 0 spiro atoms. The third kappa shape index (κ3) is 5.81. The zero-order chi connectivity index (χ0) is 24.9. The number of aromatic amines is 1. The average Bonchev–Trinajstić information content (AvgIpc) is 3.32. The van der Waals surface area contributed by atoms with Crippen LogP contribution in [0.25, 0.3) is 10.9 Å². The number of amides is 2. The largest absolute Gasteiger partial charge is 0.361 e. The van der Waals surface area contributed by atoms with Crippen molar-refractivity contribution in [2.75, 3.05) is 13.1 Å². The quantitative estimate of drug-likeness (QED) is 0.468. The fourth-order valence-electron chi connectivity index (χ4n) is 5.99. The number of benzene rings is 2. The molecule has 36 heavy (non-hydrogen) atoms. The first-order valence-electron chi connectivity index (χ1n) is 13.5. The van der Waals surface area contributed by atoms with E-state index in [4.69, 9.17) is 5.73 Å². The van der Waals surface area contributed by atoms with Crippen molar-refractivity contribution in [2.45, 2.75) is 63.5 Å². The molecule has 1 aliphatic carbocycles. The lowest BCUT2D eigenvalue weighted by atomic mass is 9.85. The number of piperidine rings is 1. The second kappa shape index (κ2) is 11.3. The lowest BCUT2D eigenvalue weighted by Crippen LogP contribution is -2.53. The van der Waals surface area contributed by atoms with Crippen molar-refractivity contribution in [3.05, 3.63) is 71.9 Å². The Labute approximate surface area is 213 Å². The Balaban J connectivity index is 1.32. The van der Waals surface area contributed by atoms with Crippen molar-refractivity contribution in [3.63, 3.8) is 0 Å². The summed E-state index contributed by atoms with van der Waals surface area (Å²) in [4.78, 5) is 32.5. The van der Waals surface area contributed by atoms with Crippen molar-refractivity contribution >= 4 is 22.7 Å². The average molecular weight is 487 g/mol. The predicted octanol–water partition coefficient (Wildman–Crippen LogP) is 4.19. The Morgan fingerprint density at radius 1 is 1.00 bits per heavy atom. The van der Waals surface area contributed by atoms with Gasteiger partial charge in [-0.2, -0.15) is 0 Å². The van der Waals surface area contributed by atoms with E-state index in [9.17, 15) is 9.59 Å². The Kier molecular flexibility index (Phi) is 7.71. The zero-order valence-electron chi connectivity index (χ0n) is 21.0. The number of aromatic nitrogens is 1. The molecule has 1 aromatic heterocycles. The molecule has 1 saturated carbocycles. The van der Waals surface area contributed by atoms with E-state index in [1.807, 2.05) is 35.4 Å². The summed E-state index contributed by atoms with van der Waals surface area (Å²) in [6, 6.07) is 18.3. The molecule has 6 heteroatoms. The van der Waals surface area contributed by atoms with Gasteiger partial charge in [0.1, 0.15) is 6.04 Å². The van der Waals surface area contributed by atoms with E-state index in [2.05, 4.69) is 40.6 Å². The van der Waals surface area contributed by atoms with Gasteiger partial charge < -0.3 is 20.9 Å². The number of para-hydroxylation sites is 1. The number of hydrogen-bond donors (Lipinski definition) is 3. The van der Waals surface area contributed by atoms with Crippen LogP contribution in [-0.4, -0.2) is 46.9 Å². The molecule has 5 rings (SSSR count). The molecule has 2 fully saturated rings. The van der Waals surface area contributed by atoms with Crippen LogP contribution in [0, 0.1) is 11.8 Å². The third-order valence-electron chi connectivity index (χ3n) is 8.05. The number of rotatable bonds is 7. The summed E-state index contributed by atoms with van der Waals surface area (Å²) in [7, 11) is 0. The van der Waals surface area contributed by atoms with E-state index in [0.717, 1.165) is 74.5 Å². The molecule has 1 aliphatic heterocycles. The number of nitrogens with zero attached hydrogens (tertiary/aromatic N) is 1. The number of carbonyl (C=O) groups excluding carboxylic acids is 2. The molecule has 1 saturated heterocycles. The van der Waals surface area contributed by atoms with Crippen molar-refractivity contribution in [1.82, 2.24) is 15.2 Å². The maximum atomic E-state index is 13.9. The standard InChI is InChI=1S/C30H38N4O2/c31-25-14-12-23(13-15-25)29(35)33-28(18-24-19-32-27-11-5-4-10-26(24)27)30(36)34-16-6-9-22(20-34)17-21-7-2-1-3-8-21/h1-5,7-8,10-11,19,22-23,25,28,32H,6,9,12-18,20,31H2,(H,33,35)/t22-,23?,25?,28-/m1/s1. The predicted molar refractivity (Wildman–Crippen MR) is 143 cm³/mol. The summed E-state index contributed by atoms with van der Waals surface area (Å²) in [5.41, 5.74) is 9.49. The molecule has 3 aromatic rings. The lowest BCUT2D eigenvalue weighted by Gasteiger charge is -2.36. The molecular weight excluding hydrogens is 448 g/mol. The molecule has 2 heterocycles. The van der Waals surface area contributed by atoms with Crippen molar-refractivity contribution in [1.29, 1.82) is 0 Å². The van der Waals surface area contributed by atoms with E-state index in [0.29, 0.717) is 12.3 Å². The van der Waals surface area contributed by atoms with Crippen LogP contribution >= 0.6 is 0 Å². The number of H-pyrrole nitrogens is 1. The normalized spacial score (nSPS) is 23.4. The second-order valence-electron chi connectivity index (χ2n) is 10.7. The minimum Gasteiger partial charge on any atom is -0.361 e. The first-order chi connectivity index (χ1) is 17.6. The van der Waals surface area contributed by atoms with Crippen molar-refractivity contribution in [2.24, 2.45) is 17.6 Å². The van der Waals surface area contributed by atoms with E-state index in [1.54, 1.807) is 0 Å². The monoisotopic (exact) mass is 486 g/mol. The number of carbonyl (C=O) groups is 2. The van der Waals surface area contributed by atoms with E-state index < -0.39 is 6.04 Å². The van der Waals surface area contributed by atoms with Gasteiger partial charge in [0.05, 0.1) is 0 Å². The minimum absolute atomic E-state index is 0.00191. The Bertz CT molecular complexity index is 1170. The molecule has 6 nitrogen and oxygen atoms in total. The van der Waals surface area contributed by atoms with Crippen molar-refractivity contribution < 1.29 is 9.59 Å². The number of nitrogens with two attached hydrogens (primary N) is 1. The number of nitrogens with one attached hydrogen (secondary N) is 2. The van der Waals surface area contributed by atoms with Gasteiger partial charge in [0.2, 0.25) is 11.8 Å². The van der Waals surface area contributed by atoms with Crippen LogP contribution in [0.2, 0.25) is 0 Å². The maximum absolute atomic E-state index is 13.9. The molecule has 0 unspecified atom stereocenters. The molecule has 0 radical (unpaired) electrons. The highest BCUT2D eigenvalue weighted by Gasteiger charge is 2.33.